The summed E-state index contributed by atoms with van der Waals surface area (Å²) in [7, 11) is 0. The molecule has 20 heavy (non-hydrogen) atoms. The molecule has 0 aliphatic carbocycles. The van der Waals surface area contributed by atoms with Gasteiger partial charge in [0.25, 0.3) is 5.69 Å². The summed E-state index contributed by atoms with van der Waals surface area (Å²) in [5, 5.41) is 11.1. The topological polar surface area (TPSA) is 52.4 Å². The summed E-state index contributed by atoms with van der Waals surface area (Å²) in [5.74, 6) is 0.442. The minimum Gasteiger partial charge on any atom is -0.453 e. The van der Waals surface area contributed by atoms with E-state index in [-0.39, 0.29) is 21.5 Å². The molecule has 104 valence electrons. The van der Waals surface area contributed by atoms with E-state index in [1.165, 1.54) is 0 Å². The van der Waals surface area contributed by atoms with Gasteiger partial charge in [0.2, 0.25) is 0 Å². The Morgan fingerprint density at radius 3 is 2.20 bits per heavy atom. The molecule has 0 aromatic heterocycles. The fourth-order valence-corrected chi connectivity index (χ4v) is 2.46. The van der Waals surface area contributed by atoms with E-state index in [0.717, 1.165) is 16.6 Å². The molecule has 2 aromatic carbocycles. The van der Waals surface area contributed by atoms with Crippen molar-refractivity contribution in [3.05, 3.63) is 60.0 Å². The minimum absolute atomic E-state index is 0.0280. The maximum atomic E-state index is 10.7. The fraction of sp³-hybridized carbons (Fsp3) is 0. The molecule has 0 bridgehead atoms. The van der Waals surface area contributed by atoms with E-state index in [2.05, 4.69) is 15.9 Å². The van der Waals surface area contributed by atoms with Crippen molar-refractivity contribution in [2.24, 2.45) is 0 Å². The van der Waals surface area contributed by atoms with Crippen molar-refractivity contribution in [1.82, 2.24) is 0 Å². The first kappa shape index (κ1) is 15.4. The molecule has 2 aromatic rings. The Labute approximate surface area is 137 Å². The average Bonchev–Trinajstić information content (AvgIpc) is 2.37. The molecule has 4 nitrogen and oxygen atoms in total. The Morgan fingerprint density at radius 2 is 1.65 bits per heavy atom. The van der Waals surface area contributed by atoms with Crippen molar-refractivity contribution in [3.8, 4) is 11.5 Å². The molecule has 0 heterocycles. The first-order valence-electron chi connectivity index (χ1n) is 5.15. The van der Waals surface area contributed by atoms with Crippen LogP contribution >= 0.6 is 50.7 Å². The van der Waals surface area contributed by atoms with Gasteiger partial charge in [-0.3, -0.25) is 10.1 Å². The maximum Gasteiger partial charge on any atom is 0.272 e. The number of halogens is 4. The molecule has 2 rings (SSSR count). The van der Waals surface area contributed by atoms with Crippen molar-refractivity contribution in [3.63, 3.8) is 0 Å². The zero-order valence-electron chi connectivity index (χ0n) is 9.57. The number of nitro groups is 1. The molecule has 0 aliphatic rings. The molecule has 0 N–H and O–H groups in total. The SMILES string of the molecule is O=[N+]([O-])c1cc(Cl)c(Oc2cc(Br)ccc2Cl)c(Cl)c1. The predicted molar refractivity (Wildman–Crippen MR) is 82.3 cm³/mol. The molecule has 0 fully saturated rings. The Hall–Kier alpha value is -1.01. The molecule has 0 radical (unpaired) electrons. The van der Waals surface area contributed by atoms with Crippen LogP contribution < -0.4 is 4.74 Å². The van der Waals surface area contributed by atoms with E-state index in [1.54, 1.807) is 18.2 Å². The van der Waals surface area contributed by atoms with Crippen molar-refractivity contribution in [2.75, 3.05) is 0 Å². The zero-order chi connectivity index (χ0) is 14.9. The average molecular weight is 397 g/mol. The van der Waals surface area contributed by atoms with E-state index in [4.69, 9.17) is 39.5 Å². The second-order valence-corrected chi connectivity index (χ2v) is 5.81. The Bertz CT molecular complexity index is 671. The van der Waals surface area contributed by atoms with Crippen molar-refractivity contribution < 1.29 is 9.66 Å². The highest BCUT2D eigenvalue weighted by atomic mass is 79.9. The van der Waals surface area contributed by atoms with Crippen LogP contribution in [0.1, 0.15) is 0 Å². The second kappa shape index (κ2) is 6.18. The summed E-state index contributed by atoms with van der Waals surface area (Å²) in [5.41, 5.74) is -0.215. The summed E-state index contributed by atoms with van der Waals surface area (Å²) in [6.45, 7) is 0. The second-order valence-electron chi connectivity index (χ2n) is 3.67. The molecule has 0 saturated heterocycles. The molecule has 0 unspecified atom stereocenters. The number of nitrogens with zero attached hydrogens (tertiary/aromatic N) is 1. The van der Waals surface area contributed by atoms with E-state index in [1.807, 2.05) is 0 Å². The molecule has 0 amide bonds. The lowest BCUT2D eigenvalue weighted by Gasteiger charge is -2.11. The van der Waals surface area contributed by atoms with Gasteiger partial charge in [0, 0.05) is 16.6 Å². The van der Waals surface area contributed by atoms with E-state index < -0.39 is 4.92 Å². The summed E-state index contributed by atoms with van der Waals surface area (Å²) in [6, 6.07) is 7.34. The molecular formula is C12H5BrCl3NO3. The highest BCUT2D eigenvalue weighted by molar-refractivity contribution is 9.10. The highest BCUT2D eigenvalue weighted by Crippen LogP contribution is 2.41. The Balaban J connectivity index is 2.44. The van der Waals surface area contributed by atoms with Gasteiger partial charge in [0.15, 0.2) is 5.75 Å². The third-order valence-corrected chi connectivity index (χ3v) is 3.67. The van der Waals surface area contributed by atoms with Crippen LogP contribution in [0.3, 0.4) is 0 Å². The van der Waals surface area contributed by atoms with E-state index >= 15 is 0 Å². The van der Waals surface area contributed by atoms with Crippen molar-refractivity contribution >= 4 is 56.4 Å². The fourth-order valence-electron chi connectivity index (χ4n) is 1.41. The number of hydrogen-bond donors (Lipinski definition) is 0. The first-order chi connectivity index (χ1) is 9.38. The normalized spacial score (nSPS) is 10.4. The van der Waals surface area contributed by atoms with Crippen LogP contribution in [0.2, 0.25) is 15.1 Å². The van der Waals surface area contributed by atoms with Gasteiger partial charge < -0.3 is 4.74 Å². The lowest BCUT2D eigenvalue weighted by Crippen LogP contribution is -1.92. The molecule has 8 heteroatoms. The summed E-state index contributed by atoms with van der Waals surface area (Å²) >= 11 is 21.2. The van der Waals surface area contributed by atoms with Gasteiger partial charge in [0.1, 0.15) is 5.75 Å². The molecular weight excluding hydrogens is 392 g/mol. The van der Waals surface area contributed by atoms with Crippen LogP contribution in [0.5, 0.6) is 11.5 Å². The van der Waals surface area contributed by atoms with Gasteiger partial charge in [-0.05, 0) is 18.2 Å². The standard InChI is InChI=1S/C12H5BrCl3NO3/c13-6-1-2-8(14)11(3-6)20-12-9(15)4-7(17(18)19)5-10(12)16/h1-5H. The summed E-state index contributed by atoms with van der Waals surface area (Å²) in [4.78, 5) is 10.1. The zero-order valence-corrected chi connectivity index (χ0v) is 13.4. The lowest BCUT2D eigenvalue weighted by molar-refractivity contribution is -0.384. The lowest BCUT2D eigenvalue weighted by atomic mass is 10.3. The minimum atomic E-state index is -0.590. The monoisotopic (exact) mass is 395 g/mol. The number of nitro benzene ring substituents is 1. The van der Waals surface area contributed by atoms with E-state index in [9.17, 15) is 10.1 Å². The third kappa shape index (κ3) is 3.35. The van der Waals surface area contributed by atoms with Gasteiger partial charge in [-0.15, -0.1) is 0 Å². The number of hydrogen-bond acceptors (Lipinski definition) is 3. The summed E-state index contributed by atoms with van der Waals surface area (Å²) in [6.07, 6.45) is 0. The van der Waals surface area contributed by atoms with Crippen LogP contribution in [0, 0.1) is 10.1 Å². The number of rotatable bonds is 3. The molecule has 0 spiro atoms. The maximum absolute atomic E-state index is 10.7. The quantitative estimate of drug-likeness (QED) is 0.464. The molecule has 0 saturated carbocycles. The summed E-state index contributed by atoms with van der Waals surface area (Å²) < 4.78 is 6.29. The number of non-ortho nitro benzene ring substituents is 1. The Morgan fingerprint density at radius 1 is 1.05 bits per heavy atom. The third-order valence-electron chi connectivity index (χ3n) is 2.30. The number of ether oxygens (including phenoxy) is 1. The molecule has 0 aliphatic heterocycles. The van der Waals surface area contributed by atoms with Gasteiger partial charge in [-0.25, -0.2) is 0 Å². The highest BCUT2D eigenvalue weighted by Gasteiger charge is 2.17. The van der Waals surface area contributed by atoms with Crippen molar-refractivity contribution in [1.29, 1.82) is 0 Å². The van der Waals surface area contributed by atoms with Crippen LogP contribution in [0.25, 0.3) is 0 Å². The van der Waals surface area contributed by atoms with Crippen LogP contribution in [-0.2, 0) is 0 Å². The largest absolute Gasteiger partial charge is 0.453 e. The van der Waals surface area contributed by atoms with Gasteiger partial charge in [-0.2, -0.15) is 0 Å². The molecule has 0 atom stereocenters. The predicted octanol–water partition coefficient (Wildman–Crippen LogP) is 6.11. The van der Waals surface area contributed by atoms with Crippen LogP contribution in [0.4, 0.5) is 5.69 Å². The van der Waals surface area contributed by atoms with Crippen LogP contribution in [0.15, 0.2) is 34.8 Å². The first-order valence-corrected chi connectivity index (χ1v) is 7.07. The Kier molecular flexibility index (Phi) is 4.75. The van der Waals surface area contributed by atoms with Gasteiger partial charge >= 0.3 is 0 Å². The van der Waals surface area contributed by atoms with Gasteiger partial charge in [0.05, 0.1) is 20.0 Å². The van der Waals surface area contributed by atoms with Gasteiger partial charge in [-0.1, -0.05) is 50.7 Å². The smallest absolute Gasteiger partial charge is 0.272 e. The van der Waals surface area contributed by atoms with Crippen LogP contribution in [-0.4, -0.2) is 4.92 Å². The number of benzene rings is 2. The van der Waals surface area contributed by atoms with Crippen molar-refractivity contribution in [2.45, 2.75) is 0 Å². The van der Waals surface area contributed by atoms with E-state index in [0.29, 0.717) is 10.8 Å².